The van der Waals surface area contributed by atoms with Crippen LogP contribution < -0.4 is 10.6 Å². The van der Waals surface area contributed by atoms with Crippen molar-refractivity contribution in [1.29, 1.82) is 0 Å². The number of benzene rings is 1. The minimum atomic E-state index is -0.329. The Balaban J connectivity index is 1.66. The first-order chi connectivity index (χ1) is 14.0. The van der Waals surface area contributed by atoms with E-state index in [0.29, 0.717) is 38.1 Å². The monoisotopic (exact) mass is 407 g/mol. The molecule has 1 saturated heterocycles. The summed E-state index contributed by atoms with van der Waals surface area (Å²) in [5.41, 5.74) is 0.462. The lowest BCUT2D eigenvalue weighted by Gasteiger charge is -2.32. The number of rotatable bonds is 9. The molecule has 1 heterocycles. The molecule has 1 fully saturated rings. The predicted octanol–water partition coefficient (Wildman–Crippen LogP) is 2.60. The van der Waals surface area contributed by atoms with Crippen LogP contribution in [0, 0.1) is 11.7 Å². The third-order valence-corrected chi connectivity index (χ3v) is 4.93. The summed E-state index contributed by atoms with van der Waals surface area (Å²) in [6, 6.07) is 6.18. The Bertz CT molecular complexity index is 698. The summed E-state index contributed by atoms with van der Waals surface area (Å²) in [4.78, 5) is 37.4. The quantitative estimate of drug-likeness (QED) is 0.616. The average Bonchev–Trinajstić information content (AvgIpc) is 2.72. The summed E-state index contributed by atoms with van der Waals surface area (Å²) in [7, 11) is 0. The van der Waals surface area contributed by atoms with Crippen LogP contribution in [0.2, 0.25) is 0 Å². The molecule has 1 aromatic carbocycles. The van der Waals surface area contributed by atoms with Crippen LogP contribution in [0.25, 0.3) is 0 Å². The van der Waals surface area contributed by atoms with Crippen LogP contribution in [-0.2, 0) is 20.9 Å². The first kappa shape index (κ1) is 22.6. The van der Waals surface area contributed by atoms with Gasteiger partial charge in [-0.25, -0.2) is 9.18 Å². The zero-order valence-electron chi connectivity index (χ0n) is 16.9. The van der Waals surface area contributed by atoms with Crippen LogP contribution in [0.5, 0.6) is 0 Å². The molecule has 0 saturated carbocycles. The Morgan fingerprint density at radius 1 is 1.21 bits per heavy atom. The molecule has 8 heteroatoms. The second-order valence-corrected chi connectivity index (χ2v) is 7.15. The highest BCUT2D eigenvalue weighted by Crippen LogP contribution is 2.21. The van der Waals surface area contributed by atoms with Crippen molar-refractivity contribution in [2.75, 3.05) is 26.2 Å². The van der Waals surface area contributed by atoms with Gasteiger partial charge in [0.05, 0.1) is 13.0 Å². The largest absolute Gasteiger partial charge is 0.466 e. The van der Waals surface area contributed by atoms with Crippen LogP contribution in [0.3, 0.4) is 0 Å². The van der Waals surface area contributed by atoms with Gasteiger partial charge in [0.15, 0.2) is 0 Å². The van der Waals surface area contributed by atoms with E-state index in [1.54, 1.807) is 30.0 Å². The van der Waals surface area contributed by atoms with E-state index in [-0.39, 0.29) is 49.2 Å². The summed E-state index contributed by atoms with van der Waals surface area (Å²) in [5.74, 6) is -0.529. The number of halogens is 1. The van der Waals surface area contributed by atoms with Gasteiger partial charge in [-0.2, -0.15) is 0 Å². The zero-order valence-corrected chi connectivity index (χ0v) is 16.9. The van der Waals surface area contributed by atoms with Crippen LogP contribution in [0.1, 0.15) is 44.6 Å². The lowest BCUT2D eigenvalue weighted by Crippen LogP contribution is -2.46. The maximum absolute atomic E-state index is 13.6. The van der Waals surface area contributed by atoms with Crippen molar-refractivity contribution < 1.29 is 23.5 Å². The van der Waals surface area contributed by atoms with Crippen LogP contribution in [-0.4, -0.2) is 49.0 Å². The highest BCUT2D eigenvalue weighted by atomic mass is 19.1. The van der Waals surface area contributed by atoms with Gasteiger partial charge in [0, 0.05) is 38.2 Å². The fraction of sp³-hybridized carbons (Fsp3) is 0.571. The Hall–Kier alpha value is -2.64. The van der Waals surface area contributed by atoms with Gasteiger partial charge in [-0.05, 0) is 38.2 Å². The molecule has 0 radical (unpaired) electrons. The Morgan fingerprint density at radius 3 is 2.76 bits per heavy atom. The number of piperidine rings is 1. The maximum Gasteiger partial charge on any atom is 0.317 e. The van der Waals surface area contributed by atoms with E-state index in [0.717, 1.165) is 12.8 Å². The highest BCUT2D eigenvalue weighted by molar-refractivity contribution is 5.76. The maximum atomic E-state index is 13.6. The fourth-order valence-electron chi connectivity index (χ4n) is 3.36. The molecule has 1 aromatic rings. The van der Waals surface area contributed by atoms with Gasteiger partial charge >= 0.3 is 12.0 Å². The van der Waals surface area contributed by atoms with Gasteiger partial charge in [0.2, 0.25) is 5.91 Å². The number of urea groups is 1. The molecule has 0 spiro atoms. The lowest BCUT2D eigenvalue weighted by molar-refractivity contribution is -0.142. The van der Waals surface area contributed by atoms with E-state index in [4.69, 9.17) is 4.74 Å². The number of esters is 1. The standard InChI is InChI=1S/C21H30FN3O4/c1-2-29-20(27)11-12-23-21(28)25-13-5-6-16(15-25)9-10-19(26)24-14-17-7-3-4-8-18(17)22/h3-4,7-8,16H,2,5-6,9-15H2,1H3,(H,23,28)(H,24,26). The molecular formula is C21H30FN3O4. The van der Waals surface area contributed by atoms with Crippen molar-refractivity contribution in [2.24, 2.45) is 5.92 Å². The topological polar surface area (TPSA) is 87.7 Å². The lowest BCUT2D eigenvalue weighted by atomic mass is 9.93. The molecule has 29 heavy (non-hydrogen) atoms. The number of carbonyl (C=O) groups excluding carboxylic acids is 3. The fourth-order valence-corrected chi connectivity index (χ4v) is 3.36. The molecule has 160 valence electrons. The van der Waals surface area contributed by atoms with E-state index in [2.05, 4.69) is 10.6 Å². The smallest absolute Gasteiger partial charge is 0.317 e. The molecule has 2 rings (SSSR count). The average molecular weight is 407 g/mol. The van der Waals surface area contributed by atoms with E-state index in [1.165, 1.54) is 6.07 Å². The number of ether oxygens (including phenoxy) is 1. The zero-order chi connectivity index (χ0) is 21.1. The second-order valence-electron chi connectivity index (χ2n) is 7.15. The van der Waals surface area contributed by atoms with E-state index in [1.807, 2.05) is 0 Å². The molecule has 7 nitrogen and oxygen atoms in total. The SMILES string of the molecule is CCOC(=O)CCNC(=O)N1CCCC(CCC(=O)NCc2ccccc2F)C1. The van der Waals surface area contributed by atoms with Crippen molar-refractivity contribution in [3.8, 4) is 0 Å². The van der Waals surface area contributed by atoms with E-state index in [9.17, 15) is 18.8 Å². The molecule has 0 aliphatic carbocycles. The van der Waals surface area contributed by atoms with Crippen molar-refractivity contribution in [3.63, 3.8) is 0 Å². The number of amides is 3. The Kier molecular flexibility index (Phi) is 9.40. The number of likely N-dealkylation sites (tertiary alicyclic amines) is 1. The van der Waals surface area contributed by atoms with Crippen LogP contribution in [0.4, 0.5) is 9.18 Å². The molecular weight excluding hydrogens is 377 g/mol. The van der Waals surface area contributed by atoms with Crippen molar-refractivity contribution >= 4 is 17.9 Å². The third-order valence-electron chi connectivity index (χ3n) is 4.93. The summed E-state index contributed by atoms with van der Waals surface area (Å²) in [6.45, 7) is 3.74. The summed E-state index contributed by atoms with van der Waals surface area (Å²) >= 11 is 0. The second kappa shape index (κ2) is 12.0. The predicted molar refractivity (Wildman–Crippen MR) is 106 cm³/mol. The van der Waals surface area contributed by atoms with Gasteiger partial charge < -0.3 is 20.3 Å². The number of nitrogens with zero attached hydrogens (tertiary/aromatic N) is 1. The van der Waals surface area contributed by atoms with E-state index < -0.39 is 0 Å². The van der Waals surface area contributed by atoms with Gasteiger partial charge in [-0.3, -0.25) is 9.59 Å². The minimum absolute atomic E-state index is 0.121. The minimum Gasteiger partial charge on any atom is -0.466 e. The molecule has 1 aliphatic rings. The molecule has 3 amide bonds. The molecule has 0 bridgehead atoms. The van der Waals surface area contributed by atoms with Crippen LogP contribution in [0.15, 0.2) is 24.3 Å². The first-order valence-electron chi connectivity index (χ1n) is 10.2. The molecule has 0 aromatic heterocycles. The Morgan fingerprint density at radius 2 is 2.00 bits per heavy atom. The highest BCUT2D eigenvalue weighted by Gasteiger charge is 2.24. The molecule has 1 aliphatic heterocycles. The number of hydrogen-bond acceptors (Lipinski definition) is 4. The van der Waals surface area contributed by atoms with Gasteiger partial charge in [-0.15, -0.1) is 0 Å². The van der Waals surface area contributed by atoms with Gasteiger partial charge in [0.25, 0.3) is 0 Å². The van der Waals surface area contributed by atoms with Crippen molar-refractivity contribution in [3.05, 3.63) is 35.6 Å². The van der Waals surface area contributed by atoms with Crippen LogP contribution >= 0.6 is 0 Å². The molecule has 2 N–H and O–H groups in total. The van der Waals surface area contributed by atoms with Crippen molar-refractivity contribution in [1.82, 2.24) is 15.5 Å². The normalized spacial score (nSPS) is 16.2. The van der Waals surface area contributed by atoms with E-state index >= 15 is 0 Å². The first-order valence-corrected chi connectivity index (χ1v) is 10.2. The summed E-state index contributed by atoms with van der Waals surface area (Å²) in [5, 5.41) is 5.49. The van der Waals surface area contributed by atoms with Crippen molar-refractivity contribution in [2.45, 2.75) is 45.6 Å². The number of nitrogens with one attached hydrogen (secondary N) is 2. The molecule has 1 atom stereocenters. The Labute approximate surface area is 171 Å². The number of carbonyl (C=O) groups is 3. The summed E-state index contributed by atoms with van der Waals surface area (Å²) in [6.07, 6.45) is 3.02. The number of hydrogen-bond donors (Lipinski definition) is 2. The summed E-state index contributed by atoms with van der Waals surface area (Å²) < 4.78 is 18.4. The third kappa shape index (κ3) is 8.09. The molecule has 1 unspecified atom stereocenters. The van der Waals surface area contributed by atoms with Gasteiger partial charge in [-0.1, -0.05) is 18.2 Å². The van der Waals surface area contributed by atoms with Gasteiger partial charge in [0.1, 0.15) is 5.82 Å².